The molecule has 2 aromatic carbocycles. The van der Waals surface area contributed by atoms with Gasteiger partial charge in [0, 0.05) is 34.6 Å². The van der Waals surface area contributed by atoms with Crippen LogP contribution in [0.3, 0.4) is 0 Å². The van der Waals surface area contributed by atoms with Gasteiger partial charge in [-0.05, 0) is 49.4 Å². The second-order valence-electron chi connectivity index (χ2n) is 6.62. The van der Waals surface area contributed by atoms with Crippen LogP contribution in [0, 0.1) is 0 Å². The number of hydrogen-bond donors (Lipinski definition) is 0. The highest BCUT2D eigenvalue weighted by molar-refractivity contribution is 6.11. The quantitative estimate of drug-likeness (QED) is 0.341. The highest BCUT2D eigenvalue weighted by atomic mass is 16.5. The number of rotatable bonds is 6. The summed E-state index contributed by atoms with van der Waals surface area (Å²) in [6.07, 6.45) is 5.13. The van der Waals surface area contributed by atoms with Crippen molar-refractivity contribution in [3.05, 3.63) is 72.1 Å². The Kier molecular flexibility index (Phi) is 5.04. The van der Waals surface area contributed by atoms with Gasteiger partial charge in [-0.1, -0.05) is 18.2 Å². The third kappa shape index (κ3) is 3.25. The van der Waals surface area contributed by atoms with Crippen LogP contribution < -0.4 is 9.47 Å². The van der Waals surface area contributed by atoms with Crippen molar-refractivity contribution in [2.45, 2.75) is 13.5 Å². The van der Waals surface area contributed by atoms with E-state index in [2.05, 4.69) is 28.6 Å². The van der Waals surface area contributed by atoms with Gasteiger partial charge in [0.25, 0.3) is 0 Å². The van der Waals surface area contributed by atoms with E-state index in [0.29, 0.717) is 17.1 Å². The largest absolute Gasteiger partial charge is 0.493 e. The minimum absolute atomic E-state index is 0.121. The maximum atomic E-state index is 12.7. The summed E-state index contributed by atoms with van der Waals surface area (Å²) in [5, 5.41) is 2.32. The standard InChI is InChI=1S/C24H22N2O3/c1-4-26-20-8-6-5-7-17(20)18-13-14-25-19(24(18)26)10-11-21(27)16-9-12-22(28-2)23(15-16)29-3/h5-15H,4H2,1-3H3/b11-10+. The van der Waals surface area contributed by atoms with Crippen LogP contribution in [0.15, 0.2) is 60.8 Å². The van der Waals surface area contributed by atoms with Crippen LogP contribution in [0.5, 0.6) is 11.5 Å². The predicted octanol–water partition coefficient (Wildman–Crippen LogP) is 5.12. The number of benzene rings is 2. The fourth-order valence-electron chi connectivity index (χ4n) is 3.72. The smallest absolute Gasteiger partial charge is 0.186 e. The van der Waals surface area contributed by atoms with E-state index in [1.807, 2.05) is 18.2 Å². The summed E-state index contributed by atoms with van der Waals surface area (Å²) >= 11 is 0. The Labute approximate surface area is 169 Å². The Morgan fingerprint density at radius 2 is 1.83 bits per heavy atom. The molecule has 0 aliphatic carbocycles. The lowest BCUT2D eigenvalue weighted by Gasteiger charge is -2.08. The number of allylic oxidation sites excluding steroid dienone is 1. The first-order valence-electron chi connectivity index (χ1n) is 9.48. The highest BCUT2D eigenvalue weighted by Crippen LogP contribution is 2.31. The van der Waals surface area contributed by atoms with Crippen molar-refractivity contribution in [1.29, 1.82) is 0 Å². The van der Waals surface area contributed by atoms with Gasteiger partial charge in [-0.15, -0.1) is 0 Å². The van der Waals surface area contributed by atoms with E-state index in [1.165, 1.54) is 10.9 Å². The van der Waals surface area contributed by atoms with Gasteiger partial charge in [0.05, 0.1) is 25.4 Å². The molecule has 0 aliphatic rings. The van der Waals surface area contributed by atoms with E-state index in [-0.39, 0.29) is 5.78 Å². The van der Waals surface area contributed by atoms with Crippen LogP contribution in [-0.2, 0) is 6.54 Å². The number of carbonyl (C=O) groups is 1. The topological polar surface area (TPSA) is 53.4 Å². The molecule has 5 heteroatoms. The van der Waals surface area contributed by atoms with Crippen molar-refractivity contribution in [2.24, 2.45) is 0 Å². The first-order valence-corrected chi connectivity index (χ1v) is 9.48. The minimum Gasteiger partial charge on any atom is -0.493 e. The van der Waals surface area contributed by atoms with Gasteiger partial charge in [0.15, 0.2) is 17.3 Å². The number of methoxy groups -OCH3 is 2. The van der Waals surface area contributed by atoms with Crippen LogP contribution in [0.25, 0.3) is 27.9 Å². The average Bonchev–Trinajstić information content (AvgIpc) is 3.11. The van der Waals surface area contributed by atoms with Crippen molar-refractivity contribution in [3.63, 3.8) is 0 Å². The first kappa shape index (κ1) is 18.7. The van der Waals surface area contributed by atoms with E-state index in [9.17, 15) is 4.79 Å². The molecule has 0 saturated carbocycles. The van der Waals surface area contributed by atoms with Gasteiger partial charge in [0.2, 0.25) is 0 Å². The fourth-order valence-corrected chi connectivity index (χ4v) is 3.72. The zero-order valence-corrected chi connectivity index (χ0v) is 16.7. The molecule has 146 valence electrons. The number of aryl methyl sites for hydroxylation is 1. The molecule has 0 atom stereocenters. The normalized spacial score (nSPS) is 11.4. The van der Waals surface area contributed by atoms with Crippen LogP contribution in [-0.4, -0.2) is 29.6 Å². The van der Waals surface area contributed by atoms with Crippen molar-refractivity contribution in [2.75, 3.05) is 14.2 Å². The minimum atomic E-state index is -0.121. The van der Waals surface area contributed by atoms with Crippen LogP contribution in [0.2, 0.25) is 0 Å². The molecule has 29 heavy (non-hydrogen) atoms. The lowest BCUT2D eigenvalue weighted by molar-refractivity contribution is 0.104. The summed E-state index contributed by atoms with van der Waals surface area (Å²) in [5.74, 6) is 0.994. The molecule has 0 fully saturated rings. The molecule has 4 rings (SSSR count). The van der Waals surface area contributed by atoms with Gasteiger partial charge >= 0.3 is 0 Å². The monoisotopic (exact) mass is 386 g/mol. The molecule has 2 heterocycles. The van der Waals surface area contributed by atoms with Crippen LogP contribution in [0.4, 0.5) is 0 Å². The molecule has 0 radical (unpaired) electrons. The predicted molar refractivity (Wildman–Crippen MR) is 116 cm³/mol. The maximum absolute atomic E-state index is 12.7. The molecule has 0 spiro atoms. The molecule has 0 aliphatic heterocycles. The Morgan fingerprint density at radius 3 is 2.59 bits per heavy atom. The Bertz CT molecular complexity index is 1240. The number of nitrogens with zero attached hydrogens (tertiary/aromatic N) is 2. The van der Waals surface area contributed by atoms with Crippen molar-refractivity contribution < 1.29 is 14.3 Å². The Morgan fingerprint density at radius 1 is 1.03 bits per heavy atom. The van der Waals surface area contributed by atoms with Gasteiger partial charge < -0.3 is 14.0 Å². The molecule has 4 aromatic rings. The van der Waals surface area contributed by atoms with Crippen molar-refractivity contribution in [3.8, 4) is 11.5 Å². The summed E-state index contributed by atoms with van der Waals surface area (Å²) in [7, 11) is 3.12. The molecular formula is C24H22N2O3. The zero-order valence-electron chi connectivity index (χ0n) is 16.7. The number of hydrogen-bond acceptors (Lipinski definition) is 4. The first-order chi connectivity index (χ1) is 14.2. The third-order valence-electron chi connectivity index (χ3n) is 5.08. The number of carbonyl (C=O) groups excluding carboxylic acids is 1. The van der Waals surface area contributed by atoms with Crippen molar-refractivity contribution in [1.82, 2.24) is 9.55 Å². The fraction of sp³-hybridized carbons (Fsp3) is 0.167. The molecule has 0 bridgehead atoms. The second-order valence-corrected chi connectivity index (χ2v) is 6.62. The highest BCUT2D eigenvalue weighted by Gasteiger charge is 2.13. The Hall–Kier alpha value is -3.60. The summed E-state index contributed by atoms with van der Waals surface area (Å²) in [4.78, 5) is 17.3. The van der Waals surface area contributed by atoms with Gasteiger partial charge in [-0.25, -0.2) is 0 Å². The second kappa shape index (κ2) is 7.80. The molecule has 2 aromatic heterocycles. The lowest BCUT2D eigenvalue weighted by atomic mass is 10.1. The van der Waals surface area contributed by atoms with Gasteiger partial charge in [-0.3, -0.25) is 9.78 Å². The molecule has 0 unspecified atom stereocenters. The number of fused-ring (bicyclic) bond motifs is 3. The maximum Gasteiger partial charge on any atom is 0.186 e. The lowest BCUT2D eigenvalue weighted by Crippen LogP contribution is -1.99. The molecule has 0 amide bonds. The number of aromatic nitrogens is 2. The van der Waals surface area contributed by atoms with E-state index in [0.717, 1.165) is 23.1 Å². The van der Waals surface area contributed by atoms with Crippen LogP contribution >= 0.6 is 0 Å². The van der Waals surface area contributed by atoms with E-state index < -0.39 is 0 Å². The molecule has 5 nitrogen and oxygen atoms in total. The van der Waals surface area contributed by atoms with E-state index >= 15 is 0 Å². The van der Waals surface area contributed by atoms with Crippen LogP contribution in [0.1, 0.15) is 23.0 Å². The summed E-state index contributed by atoms with van der Waals surface area (Å²) in [6.45, 7) is 2.93. The Balaban J connectivity index is 1.76. The molecular weight excluding hydrogens is 364 g/mol. The van der Waals surface area contributed by atoms with E-state index in [4.69, 9.17) is 9.47 Å². The summed E-state index contributed by atoms with van der Waals surface area (Å²) in [6, 6.07) is 15.5. The summed E-state index contributed by atoms with van der Waals surface area (Å²) in [5.41, 5.74) is 3.50. The van der Waals surface area contributed by atoms with E-state index in [1.54, 1.807) is 50.8 Å². The zero-order chi connectivity index (χ0) is 20.4. The van der Waals surface area contributed by atoms with Gasteiger partial charge in [0.1, 0.15) is 0 Å². The number of para-hydroxylation sites is 1. The number of ketones is 1. The third-order valence-corrected chi connectivity index (χ3v) is 5.08. The van der Waals surface area contributed by atoms with Crippen molar-refractivity contribution >= 4 is 33.7 Å². The van der Waals surface area contributed by atoms with Gasteiger partial charge in [-0.2, -0.15) is 0 Å². The summed E-state index contributed by atoms with van der Waals surface area (Å²) < 4.78 is 12.8. The molecule has 0 saturated heterocycles. The average molecular weight is 386 g/mol. The number of ether oxygens (including phenoxy) is 2. The SMILES string of the molecule is CCn1c2ccccc2c2ccnc(/C=C/C(=O)c3ccc(OC)c(OC)c3)c21. The number of pyridine rings is 1. The molecule has 0 N–H and O–H groups in total.